The molecule has 4 aromatic rings. The normalized spacial score (nSPS) is 15.8. The fraction of sp³-hybridized carbons (Fsp3) is 0.433. The van der Waals surface area contributed by atoms with Crippen LogP contribution < -0.4 is 10.9 Å². The first-order valence-corrected chi connectivity index (χ1v) is 14.0. The van der Waals surface area contributed by atoms with Crippen LogP contribution in [0.1, 0.15) is 51.4 Å². The SMILES string of the molecule is Cc1cc(C)c(CNC(=O)c2cc3cc(-c4ccnn4C)cn3c(C(C)N3CCN(CC(F)(F)F)CC3)c2C)c(=O)[nH]1. The van der Waals surface area contributed by atoms with E-state index in [-0.39, 0.29) is 24.1 Å². The van der Waals surface area contributed by atoms with Gasteiger partial charge < -0.3 is 14.7 Å². The first-order chi connectivity index (χ1) is 19.8. The molecule has 2 N–H and O–H groups in total. The lowest BCUT2D eigenvalue weighted by molar-refractivity contribution is -0.149. The number of nitrogens with zero attached hydrogens (tertiary/aromatic N) is 5. The molecular weight excluding hydrogens is 547 g/mol. The van der Waals surface area contributed by atoms with Crippen molar-refractivity contribution < 1.29 is 18.0 Å². The molecule has 4 aromatic heterocycles. The number of H-pyrrole nitrogens is 1. The molecule has 1 saturated heterocycles. The van der Waals surface area contributed by atoms with Crippen LogP contribution in [0.3, 0.4) is 0 Å². The molecule has 1 aliphatic heterocycles. The average molecular weight is 584 g/mol. The van der Waals surface area contributed by atoms with Crippen LogP contribution in [0.15, 0.2) is 41.5 Å². The molecule has 1 atom stereocenters. The quantitative estimate of drug-likeness (QED) is 0.342. The highest BCUT2D eigenvalue weighted by Gasteiger charge is 2.34. The Balaban J connectivity index is 1.50. The smallest absolute Gasteiger partial charge is 0.348 e. The van der Waals surface area contributed by atoms with Gasteiger partial charge in [0.05, 0.1) is 12.2 Å². The van der Waals surface area contributed by atoms with Crippen molar-refractivity contribution in [2.24, 2.45) is 7.05 Å². The average Bonchev–Trinajstić information content (AvgIpc) is 3.52. The van der Waals surface area contributed by atoms with Crippen molar-refractivity contribution in [2.75, 3.05) is 32.7 Å². The molecule has 1 fully saturated rings. The summed E-state index contributed by atoms with van der Waals surface area (Å²) >= 11 is 0. The summed E-state index contributed by atoms with van der Waals surface area (Å²) in [6, 6.07) is 7.45. The zero-order valence-electron chi connectivity index (χ0n) is 24.5. The number of rotatable bonds is 7. The lowest BCUT2D eigenvalue weighted by Crippen LogP contribution is -2.49. The van der Waals surface area contributed by atoms with E-state index in [0.29, 0.717) is 37.3 Å². The lowest BCUT2D eigenvalue weighted by Gasteiger charge is -2.39. The molecule has 0 spiro atoms. The zero-order chi connectivity index (χ0) is 30.3. The van der Waals surface area contributed by atoms with Crippen LogP contribution in [0.2, 0.25) is 0 Å². The molecule has 12 heteroatoms. The molecule has 0 saturated carbocycles. The highest BCUT2D eigenvalue weighted by molar-refractivity contribution is 5.97. The van der Waals surface area contributed by atoms with E-state index in [0.717, 1.165) is 39.3 Å². The monoisotopic (exact) mass is 583 g/mol. The highest BCUT2D eigenvalue weighted by atomic mass is 19.4. The molecular formula is C30H36F3N7O2. The number of piperazine rings is 1. The van der Waals surface area contributed by atoms with E-state index in [1.165, 1.54) is 4.90 Å². The van der Waals surface area contributed by atoms with Crippen molar-refractivity contribution in [1.82, 2.24) is 34.3 Å². The molecule has 1 aliphatic rings. The van der Waals surface area contributed by atoms with E-state index in [1.807, 2.05) is 65.2 Å². The van der Waals surface area contributed by atoms with E-state index in [9.17, 15) is 22.8 Å². The largest absolute Gasteiger partial charge is 0.401 e. The summed E-state index contributed by atoms with van der Waals surface area (Å²) in [4.78, 5) is 32.5. The number of nitrogens with one attached hydrogen (secondary N) is 2. The number of hydrogen-bond acceptors (Lipinski definition) is 5. The second-order valence-corrected chi connectivity index (χ2v) is 11.2. The molecule has 5 rings (SSSR count). The number of carbonyl (C=O) groups is 1. The predicted octanol–water partition coefficient (Wildman–Crippen LogP) is 4.12. The first kappa shape index (κ1) is 29.6. The van der Waals surface area contributed by atoms with E-state index < -0.39 is 12.7 Å². The number of pyridine rings is 2. The summed E-state index contributed by atoms with van der Waals surface area (Å²) in [5, 5.41) is 7.21. The number of fused-ring (bicyclic) bond motifs is 1. The summed E-state index contributed by atoms with van der Waals surface area (Å²) in [6.45, 7) is 8.31. The summed E-state index contributed by atoms with van der Waals surface area (Å²) in [6.07, 6.45) is -0.490. The van der Waals surface area contributed by atoms with Gasteiger partial charge in [-0.15, -0.1) is 0 Å². The van der Waals surface area contributed by atoms with E-state index in [2.05, 4.69) is 24.7 Å². The van der Waals surface area contributed by atoms with Crippen LogP contribution in [0.25, 0.3) is 16.8 Å². The Bertz CT molecular complexity index is 1680. The van der Waals surface area contributed by atoms with Crippen molar-refractivity contribution >= 4 is 11.4 Å². The molecule has 1 unspecified atom stereocenters. The van der Waals surface area contributed by atoms with Crippen LogP contribution in [0.4, 0.5) is 13.2 Å². The second-order valence-electron chi connectivity index (χ2n) is 11.2. The van der Waals surface area contributed by atoms with Gasteiger partial charge in [0.25, 0.3) is 11.5 Å². The van der Waals surface area contributed by atoms with Gasteiger partial charge in [0.1, 0.15) is 0 Å². The minimum atomic E-state index is -4.23. The Hall–Kier alpha value is -3.90. The minimum absolute atomic E-state index is 0.0816. The van der Waals surface area contributed by atoms with Crippen molar-refractivity contribution in [2.45, 2.75) is 46.5 Å². The number of aryl methyl sites for hydroxylation is 3. The molecule has 1 amide bonds. The number of alkyl halides is 3. The minimum Gasteiger partial charge on any atom is -0.348 e. The summed E-state index contributed by atoms with van der Waals surface area (Å²) in [5.41, 5.74) is 6.62. The lowest BCUT2D eigenvalue weighted by atomic mass is 10.00. The van der Waals surface area contributed by atoms with Crippen LogP contribution in [-0.2, 0) is 13.6 Å². The number of amides is 1. The molecule has 9 nitrogen and oxygen atoms in total. The number of carbonyl (C=O) groups excluding carboxylic acids is 1. The van der Waals surface area contributed by atoms with Gasteiger partial charge in [-0.1, -0.05) is 0 Å². The number of aromatic amines is 1. The molecule has 0 aromatic carbocycles. The van der Waals surface area contributed by atoms with Crippen LogP contribution >= 0.6 is 0 Å². The third-order valence-corrected chi connectivity index (χ3v) is 8.22. The Morgan fingerprint density at radius 2 is 1.83 bits per heavy atom. The molecule has 42 heavy (non-hydrogen) atoms. The summed E-state index contributed by atoms with van der Waals surface area (Å²) in [5.74, 6) is -0.305. The predicted molar refractivity (Wildman–Crippen MR) is 155 cm³/mol. The topological polar surface area (TPSA) is 90.7 Å². The van der Waals surface area contributed by atoms with Gasteiger partial charge in [-0.05, 0) is 63.1 Å². The molecule has 0 radical (unpaired) electrons. The van der Waals surface area contributed by atoms with Gasteiger partial charge in [0.15, 0.2) is 0 Å². The van der Waals surface area contributed by atoms with Crippen molar-refractivity contribution in [3.63, 3.8) is 0 Å². The Morgan fingerprint density at radius 3 is 2.45 bits per heavy atom. The van der Waals surface area contributed by atoms with E-state index >= 15 is 0 Å². The summed E-state index contributed by atoms with van der Waals surface area (Å²) < 4.78 is 42.7. The third kappa shape index (κ3) is 6.00. The first-order valence-electron chi connectivity index (χ1n) is 14.0. The van der Waals surface area contributed by atoms with Gasteiger partial charge in [-0.2, -0.15) is 18.3 Å². The van der Waals surface area contributed by atoms with Crippen LogP contribution in [-0.4, -0.2) is 73.8 Å². The maximum Gasteiger partial charge on any atom is 0.401 e. The Morgan fingerprint density at radius 1 is 1.12 bits per heavy atom. The van der Waals surface area contributed by atoms with Crippen molar-refractivity contribution in [3.8, 4) is 11.3 Å². The maximum atomic E-state index is 13.6. The van der Waals surface area contributed by atoms with Crippen LogP contribution in [0.5, 0.6) is 0 Å². The molecule has 224 valence electrons. The van der Waals surface area contributed by atoms with Gasteiger partial charge in [0, 0.05) is 91.8 Å². The fourth-order valence-electron chi connectivity index (χ4n) is 6.02. The van der Waals surface area contributed by atoms with Crippen molar-refractivity contribution in [1.29, 1.82) is 0 Å². The Labute approximate surface area is 241 Å². The maximum absolute atomic E-state index is 13.6. The zero-order valence-corrected chi connectivity index (χ0v) is 24.5. The van der Waals surface area contributed by atoms with E-state index in [1.54, 1.807) is 10.9 Å². The molecule has 5 heterocycles. The molecule has 0 bridgehead atoms. The highest BCUT2D eigenvalue weighted by Crippen LogP contribution is 2.32. The summed E-state index contributed by atoms with van der Waals surface area (Å²) in [7, 11) is 1.86. The van der Waals surface area contributed by atoms with Gasteiger partial charge in [-0.25, -0.2) is 0 Å². The standard InChI is InChI=1S/C30H36F3N7O2/c1-18-12-19(2)36-29(42)25(18)15-34-28(41)24-14-23-13-22(26-6-7-35-37(26)5)16-40(23)27(20(24)3)21(4)39-10-8-38(9-11-39)17-30(31,32)33/h6-7,12-14,16,21H,8-11,15,17H2,1-5H3,(H,34,41)(H,36,42). The third-order valence-electron chi connectivity index (χ3n) is 8.22. The number of hydrogen-bond donors (Lipinski definition) is 2. The second kappa shape index (κ2) is 11.4. The van der Waals surface area contributed by atoms with Crippen LogP contribution in [0, 0.1) is 20.8 Å². The number of aromatic nitrogens is 4. The fourth-order valence-corrected chi connectivity index (χ4v) is 6.02. The number of halogens is 3. The van der Waals surface area contributed by atoms with Gasteiger partial charge in [-0.3, -0.25) is 24.1 Å². The Kier molecular flexibility index (Phi) is 8.04. The van der Waals surface area contributed by atoms with Gasteiger partial charge >= 0.3 is 6.18 Å². The molecule has 0 aliphatic carbocycles. The van der Waals surface area contributed by atoms with Crippen molar-refractivity contribution in [3.05, 3.63) is 80.7 Å². The van der Waals surface area contributed by atoms with E-state index in [4.69, 9.17) is 0 Å². The van der Waals surface area contributed by atoms with Gasteiger partial charge in [0.2, 0.25) is 0 Å².